The number of rotatable bonds is 3. The molecule has 0 amide bonds. The first-order valence-electron chi connectivity index (χ1n) is 5.68. The summed E-state index contributed by atoms with van der Waals surface area (Å²) in [7, 11) is -0.774. The molecule has 2 rings (SSSR count). The molecule has 0 saturated heterocycles. The second-order valence-electron chi connectivity index (χ2n) is 4.48. The molecule has 0 N–H and O–H groups in total. The number of hydrogen-bond acceptors (Lipinski definition) is 1. The summed E-state index contributed by atoms with van der Waals surface area (Å²) in [5.74, 6) is 0.823. The van der Waals surface area contributed by atoms with Crippen LogP contribution in [-0.2, 0) is 10.8 Å². The largest absolute Gasteiger partial charge is 0.254 e. The van der Waals surface area contributed by atoms with Crippen LogP contribution in [-0.4, -0.2) is 9.46 Å². The molecular formula is C13H18OS. The van der Waals surface area contributed by atoms with Gasteiger partial charge in [0.15, 0.2) is 0 Å². The van der Waals surface area contributed by atoms with E-state index in [1.807, 2.05) is 12.1 Å². The molecular weight excluding hydrogens is 204 g/mol. The second kappa shape index (κ2) is 4.48. The molecule has 1 aliphatic rings. The Labute approximate surface area is 94.4 Å². The summed E-state index contributed by atoms with van der Waals surface area (Å²) >= 11 is 0. The first-order chi connectivity index (χ1) is 7.20. The van der Waals surface area contributed by atoms with Gasteiger partial charge in [-0.3, -0.25) is 4.21 Å². The maximum atomic E-state index is 12.2. The van der Waals surface area contributed by atoms with Gasteiger partial charge in [-0.2, -0.15) is 0 Å². The summed E-state index contributed by atoms with van der Waals surface area (Å²) in [4.78, 5) is 1.01. The zero-order chi connectivity index (χ0) is 10.8. The van der Waals surface area contributed by atoms with Gasteiger partial charge in [0.25, 0.3) is 0 Å². The molecule has 0 radical (unpaired) electrons. The molecule has 1 aliphatic carbocycles. The van der Waals surface area contributed by atoms with Gasteiger partial charge >= 0.3 is 0 Å². The lowest BCUT2D eigenvalue weighted by Crippen LogP contribution is -2.32. The average Bonchev–Trinajstić information content (AvgIpc) is 2.16. The van der Waals surface area contributed by atoms with Gasteiger partial charge in [0.2, 0.25) is 0 Å². The first kappa shape index (κ1) is 10.9. The molecule has 0 aromatic heterocycles. The molecule has 15 heavy (non-hydrogen) atoms. The molecule has 1 aromatic carbocycles. The monoisotopic (exact) mass is 222 g/mol. The van der Waals surface area contributed by atoms with Gasteiger partial charge < -0.3 is 0 Å². The van der Waals surface area contributed by atoms with Crippen LogP contribution < -0.4 is 0 Å². The summed E-state index contributed by atoms with van der Waals surface area (Å²) < 4.78 is 12.2. The van der Waals surface area contributed by atoms with E-state index < -0.39 is 10.8 Å². The molecule has 1 aromatic rings. The Morgan fingerprint density at radius 3 is 2.73 bits per heavy atom. The predicted octanol–water partition coefficient (Wildman–Crippen LogP) is 3.29. The third kappa shape index (κ3) is 2.31. The summed E-state index contributed by atoms with van der Waals surface area (Å²) in [5, 5.41) is 0.414. The minimum atomic E-state index is -0.774. The fraction of sp³-hybridized carbons (Fsp3) is 0.538. The van der Waals surface area contributed by atoms with Crippen LogP contribution in [0.4, 0.5) is 0 Å². The van der Waals surface area contributed by atoms with Gasteiger partial charge in [-0.05, 0) is 43.4 Å². The van der Waals surface area contributed by atoms with E-state index in [4.69, 9.17) is 0 Å². The van der Waals surface area contributed by atoms with E-state index in [9.17, 15) is 4.21 Å². The highest BCUT2D eigenvalue weighted by atomic mass is 32.2. The van der Waals surface area contributed by atoms with Crippen molar-refractivity contribution in [3.05, 3.63) is 29.8 Å². The Balaban J connectivity index is 2.03. The third-order valence-electron chi connectivity index (χ3n) is 3.29. The van der Waals surface area contributed by atoms with E-state index in [0.717, 1.165) is 23.7 Å². The van der Waals surface area contributed by atoms with E-state index in [0.29, 0.717) is 5.25 Å². The van der Waals surface area contributed by atoms with E-state index in [-0.39, 0.29) is 0 Å². The summed E-state index contributed by atoms with van der Waals surface area (Å²) in [6.07, 6.45) is 3.54. The molecule has 1 fully saturated rings. The van der Waals surface area contributed by atoms with Crippen molar-refractivity contribution in [1.82, 2.24) is 0 Å². The van der Waals surface area contributed by atoms with Crippen molar-refractivity contribution >= 4 is 10.8 Å². The van der Waals surface area contributed by atoms with Gasteiger partial charge in [0, 0.05) is 10.1 Å². The Bertz CT molecular complexity index is 367. The van der Waals surface area contributed by atoms with Crippen LogP contribution in [0.5, 0.6) is 0 Å². The topological polar surface area (TPSA) is 17.1 Å². The SMILES string of the molecule is CCC1CC(S(=O)c2cccc(C)c2)C1. The Morgan fingerprint density at radius 2 is 2.13 bits per heavy atom. The van der Waals surface area contributed by atoms with Crippen LogP contribution in [0.3, 0.4) is 0 Å². The molecule has 0 heterocycles. The molecule has 82 valence electrons. The van der Waals surface area contributed by atoms with Crippen LogP contribution in [0.1, 0.15) is 31.7 Å². The maximum Gasteiger partial charge on any atom is 0.0561 e. The van der Waals surface area contributed by atoms with E-state index in [2.05, 4.69) is 26.0 Å². The normalized spacial score (nSPS) is 27.1. The van der Waals surface area contributed by atoms with Crippen molar-refractivity contribution in [2.45, 2.75) is 43.3 Å². The highest BCUT2D eigenvalue weighted by Gasteiger charge is 2.32. The zero-order valence-electron chi connectivity index (χ0n) is 9.40. The fourth-order valence-electron chi connectivity index (χ4n) is 2.12. The Hall–Kier alpha value is -0.630. The highest BCUT2D eigenvalue weighted by molar-refractivity contribution is 7.85. The fourth-order valence-corrected chi connectivity index (χ4v) is 3.91. The predicted molar refractivity (Wildman–Crippen MR) is 64.4 cm³/mol. The van der Waals surface area contributed by atoms with Crippen molar-refractivity contribution < 1.29 is 4.21 Å². The average molecular weight is 222 g/mol. The Morgan fingerprint density at radius 1 is 1.40 bits per heavy atom. The standard InChI is InChI=1S/C13H18OS/c1-3-11-8-13(9-11)15(14)12-6-4-5-10(2)7-12/h4-7,11,13H,3,8-9H2,1-2H3. The highest BCUT2D eigenvalue weighted by Crippen LogP contribution is 2.35. The molecule has 2 heteroatoms. The van der Waals surface area contributed by atoms with Crippen LogP contribution in [0.15, 0.2) is 29.2 Å². The van der Waals surface area contributed by atoms with Crippen molar-refractivity contribution in [2.75, 3.05) is 0 Å². The minimum Gasteiger partial charge on any atom is -0.254 e. The molecule has 0 spiro atoms. The van der Waals surface area contributed by atoms with Gasteiger partial charge in [-0.1, -0.05) is 25.5 Å². The van der Waals surface area contributed by atoms with E-state index in [1.165, 1.54) is 12.0 Å². The molecule has 0 bridgehead atoms. The van der Waals surface area contributed by atoms with Crippen LogP contribution in [0, 0.1) is 12.8 Å². The van der Waals surface area contributed by atoms with Crippen LogP contribution in [0.2, 0.25) is 0 Å². The molecule has 1 atom stereocenters. The van der Waals surface area contributed by atoms with Gasteiger partial charge in [-0.25, -0.2) is 0 Å². The van der Waals surface area contributed by atoms with Gasteiger partial charge in [0.1, 0.15) is 0 Å². The smallest absolute Gasteiger partial charge is 0.0561 e. The minimum absolute atomic E-state index is 0.414. The summed E-state index contributed by atoms with van der Waals surface area (Å²) in [6, 6.07) is 8.09. The zero-order valence-corrected chi connectivity index (χ0v) is 10.2. The summed E-state index contributed by atoms with van der Waals surface area (Å²) in [5.41, 5.74) is 1.20. The Kier molecular flexibility index (Phi) is 3.25. The molecule has 1 saturated carbocycles. The lowest BCUT2D eigenvalue weighted by atomic mass is 9.83. The van der Waals surface area contributed by atoms with Crippen LogP contribution >= 0.6 is 0 Å². The van der Waals surface area contributed by atoms with E-state index >= 15 is 0 Å². The quantitative estimate of drug-likeness (QED) is 0.767. The van der Waals surface area contributed by atoms with Gasteiger partial charge in [-0.15, -0.1) is 0 Å². The maximum absolute atomic E-state index is 12.2. The lowest BCUT2D eigenvalue weighted by Gasteiger charge is -2.33. The number of benzene rings is 1. The second-order valence-corrected chi connectivity index (χ2v) is 6.21. The van der Waals surface area contributed by atoms with E-state index in [1.54, 1.807) is 0 Å². The lowest BCUT2D eigenvalue weighted by molar-refractivity contribution is 0.314. The number of aryl methyl sites for hydroxylation is 1. The van der Waals surface area contributed by atoms with Gasteiger partial charge in [0.05, 0.1) is 10.8 Å². The van der Waals surface area contributed by atoms with Crippen molar-refractivity contribution in [3.8, 4) is 0 Å². The van der Waals surface area contributed by atoms with Crippen molar-refractivity contribution in [1.29, 1.82) is 0 Å². The van der Waals surface area contributed by atoms with Crippen LogP contribution in [0.25, 0.3) is 0 Å². The summed E-state index contributed by atoms with van der Waals surface area (Å²) in [6.45, 7) is 4.27. The van der Waals surface area contributed by atoms with Crippen molar-refractivity contribution in [2.24, 2.45) is 5.92 Å². The molecule has 1 unspecified atom stereocenters. The number of hydrogen-bond donors (Lipinski definition) is 0. The first-order valence-corrected chi connectivity index (χ1v) is 6.89. The molecule has 1 nitrogen and oxygen atoms in total. The molecule has 0 aliphatic heterocycles. The third-order valence-corrected chi connectivity index (χ3v) is 5.00. The van der Waals surface area contributed by atoms with Crippen molar-refractivity contribution in [3.63, 3.8) is 0 Å².